The van der Waals surface area contributed by atoms with Crippen LogP contribution in [0.3, 0.4) is 0 Å². The predicted octanol–water partition coefficient (Wildman–Crippen LogP) is 8.31. The summed E-state index contributed by atoms with van der Waals surface area (Å²) in [5, 5.41) is 2.77. The van der Waals surface area contributed by atoms with Gasteiger partial charge in [0.05, 0.1) is 0 Å². The molecule has 0 bridgehead atoms. The highest BCUT2D eigenvalue weighted by atomic mass is 16.6. The molecule has 4 aliphatic carbocycles. The summed E-state index contributed by atoms with van der Waals surface area (Å²) in [6.07, 6.45) is 18.3. The Labute approximate surface area is 209 Å². The van der Waals surface area contributed by atoms with E-state index in [-0.39, 0.29) is 12.2 Å². The fourth-order valence-electron chi connectivity index (χ4n) is 9.10. The van der Waals surface area contributed by atoms with Gasteiger partial charge in [-0.15, -0.1) is 6.58 Å². The first-order valence-corrected chi connectivity index (χ1v) is 14.4. The third-order valence-electron chi connectivity index (χ3n) is 10.9. The van der Waals surface area contributed by atoms with Crippen molar-refractivity contribution in [1.82, 2.24) is 5.32 Å². The van der Waals surface area contributed by atoms with Crippen LogP contribution < -0.4 is 5.32 Å². The van der Waals surface area contributed by atoms with Gasteiger partial charge >= 0.3 is 6.09 Å². The number of hydrogen-bond acceptors (Lipinski definition) is 2. The van der Waals surface area contributed by atoms with Crippen molar-refractivity contribution in [3.8, 4) is 0 Å². The zero-order chi connectivity index (χ0) is 24.5. The first-order chi connectivity index (χ1) is 16.2. The lowest BCUT2D eigenvalue weighted by Crippen LogP contribution is -2.51. The second-order valence-corrected chi connectivity index (χ2v) is 13.2. The minimum atomic E-state index is -0.296. The van der Waals surface area contributed by atoms with Gasteiger partial charge in [-0.05, 0) is 91.3 Å². The Hall–Kier alpha value is -1.25. The molecule has 4 rings (SSSR count). The van der Waals surface area contributed by atoms with Gasteiger partial charge in [0.25, 0.3) is 0 Å². The molecule has 0 heterocycles. The van der Waals surface area contributed by atoms with E-state index in [0.29, 0.717) is 17.4 Å². The number of rotatable bonds is 8. The fraction of sp³-hybridized carbons (Fsp3) is 0.839. The van der Waals surface area contributed by atoms with Crippen LogP contribution in [0.25, 0.3) is 0 Å². The van der Waals surface area contributed by atoms with E-state index in [9.17, 15) is 4.79 Å². The fourth-order valence-corrected chi connectivity index (χ4v) is 9.10. The number of amides is 1. The lowest BCUT2D eigenvalue weighted by Gasteiger charge is -2.58. The number of allylic oxidation sites excluding steroid dienone is 1. The zero-order valence-corrected chi connectivity index (χ0v) is 22.7. The average Bonchev–Trinajstić information content (AvgIpc) is 3.15. The molecule has 3 saturated carbocycles. The number of alkyl carbamates (subject to hydrolysis) is 1. The number of ether oxygens (including phenoxy) is 1. The maximum atomic E-state index is 12.1. The molecule has 3 fully saturated rings. The molecule has 1 unspecified atom stereocenters. The van der Waals surface area contributed by atoms with Gasteiger partial charge in [0.15, 0.2) is 0 Å². The second kappa shape index (κ2) is 10.4. The van der Waals surface area contributed by atoms with Crippen LogP contribution in [-0.4, -0.2) is 18.7 Å². The Morgan fingerprint density at radius 1 is 1.15 bits per heavy atom. The van der Waals surface area contributed by atoms with Gasteiger partial charge in [0, 0.05) is 13.0 Å². The van der Waals surface area contributed by atoms with Crippen LogP contribution >= 0.6 is 0 Å². The van der Waals surface area contributed by atoms with Crippen molar-refractivity contribution in [1.29, 1.82) is 0 Å². The highest BCUT2D eigenvalue weighted by molar-refractivity contribution is 5.67. The summed E-state index contributed by atoms with van der Waals surface area (Å²) < 4.78 is 5.76. The number of carbonyl (C=O) groups excluding carboxylic acids is 1. The smallest absolute Gasteiger partial charge is 0.407 e. The van der Waals surface area contributed by atoms with Crippen LogP contribution in [0.1, 0.15) is 105 Å². The SMILES string of the molecule is C=CCNC(=O)OC1CC[C@@]2(C)C(=CC[C@H]3[C@@H]4CC[C@H]([C@H](C)CCCC(C)C)[C@@]4(C)CC[C@@H]32)C1. The summed E-state index contributed by atoms with van der Waals surface area (Å²) in [6.45, 7) is 16.6. The summed E-state index contributed by atoms with van der Waals surface area (Å²) in [4.78, 5) is 12.1. The van der Waals surface area contributed by atoms with E-state index in [1.807, 2.05) is 0 Å². The normalized spacial score (nSPS) is 39.9. The first-order valence-electron chi connectivity index (χ1n) is 14.4. The molecule has 3 heteroatoms. The Morgan fingerprint density at radius 3 is 2.68 bits per heavy atom. The van der Waals surface area contributed by atoms with Crippen molar-refractivity contribution < 1.29 is 9.53 Å². The van der Waals surface area contributed by atoms with E-state index in [1.165, 1.54) is 51.4 Å². The second-order valence-electron chi connectivity index (χ2n) is 13.2. The van der Waals surface area contributed by atoms with Gasteiger partial charge in [0.1, 0.15) is 6.10 Å². The lowest BCUT2D eigenvalue weighted by atomic mass is 9.47. The van der Waals surface area contributed by atoms with Crippen molar-refractivity contribution in [3.05, 3.63) is 24.3 Å². The van der Waals surface area contributed by atoms with Crippen LogP contribution in [0, 0.1) is 46.3 Å². The standard InChI is InChI=1S/C31H51NO2/c1-7-19-32-29(33)34-24-15-17-30(5)23(20-24)11-12-25-27-14-13-26(22(4)10-8-9-21(2)3)31(27,6)18-16-28(25)30/h7,11,21-22,24-28H,1,8-10,12-20H2,2-6H3,(H,32,33)/t22-,24?,25+,26-,27+,28+,30+,31-/m1/s1. The molecule has 0 radical (unpaired) electrons. The van der Waals surface area contributed by atoms with Crippen molar-refractivity contribution in [3.63, 3.8) is 0 Å². The molecule has 34 heavy (non-hydrogen) atoms. The molecule has 0 aliphatic heterocycles. The topological polar surface area (TPSA) is 38.3 Å². The summed E-state index contributed by atoms with van der Waals surface area (Å²) in [5.41, 5.74) is 2.44. The molecule has 0 spiro atoms. The molecule has 3 nitrogen and oxygen atoms in total. The van der Waals surface area contributed by atoms with Crippen LogP contribution in [0.4, 0.5) is 4.79 Å². The third kappa shape index (κ3) is 4.87. The van der Waals surface area contributed by atoms with Gasteiger partial charge in [-0.1, -0.05) is 71.6 Å². The first kappa shape index (κ1) is 25.8. The van der Waals surface area contributed by atoms with Crippen LogP contribution in [0.15, 0.2) is 24.3 Å². The van der Waals surface area contributed by atoms with Crippen molar-refractivity contribution in [2.75, 3.05) is 6.54 Å². The molecule has 8 atom stereocenters. The monoisotopic (exact) mass is 469 g/mol. The Balaban J connectivity index is 1.42. The number of fused-ring (bicyclic) bond motifs is 5. The number of carbonyl (C=O) groups is 1. The number of nitrogens with one attached hydrogen (secondary N) is 1. The van der Waals surface area contributed by atoms with E-state index in [2.05, 4.69) is 52.6 Å². The Bertz CT molecular complexity index is 771. The van der Waals surface area contributed by atoms with E-state index < -0.39 is 0 Å². The summed E-state index contributed by atoms with van der Waals surface area (Å²) in [6, 6.07) is 0. The van der Waals surface area contributed by atoms with E-state index in [4.69, 9.17) is 4.74 Å². The van der Waals surface area contributed by atoms with Gasteiger partial charge in [-0.25, -0.2) is 4.79 Å². The average molecular weight is 470 g/mol. The molecule has 0 saturated heterocycles. The highest BCUT2D eigenvalue weighted by Gasteiger charge is 2.59. The maximum Gasteiger partial charge on any atom is 0.407 e. The summed E-state index contributed by atoms with van der Waals surface area (Å²) in [7, 11) is 0. The molecule has 192 valence electrons. The lowest BCUT2D eigenvalue weighted by molar-refractivity contribution is -0.0581. The Morgan fingerprint density at radius 2 is 1.94 bits per heavy atom. The molecule has 1 N–H and O–H groups in total. The van der Waals surface area contributed by atoms with Crippen molar-refractivity contribution in [2.45, 2.75) is 111 Å². The molecule has 1 amide bonds. The van der Waals surface area contributed by atoms with Crippen molar-refractivity contribution in [2.24, 2.45) is 46.3 Å². The van der Waals surface area contributed by atoms with Gasteiger partial charge < -0.3 is 10.1 Å². The quantitative estimate of drug-likeness (QED) is 0.363. The molecule has 0 aromatic heterocycles. The molecule has 4 aliphatic rings. The summed E-state index contributed by atoms with van der Waals surface area (Å²) in [5.74, 6) is 5.19. The molecular weight excluding hydrogens is 418 g/mol. The largest absolute Gasteiger partial charge is 0.446 e. The van der Waals surface area contributed by atoms with E-state index >= 15 is 0 Å². The molecule has 0 aromatic rings. The van der Waals surface area contributed by atoms with E-state index in [1.54, 1.807) is 11.6 Å². The minimum absolute atomic E-state index is 0.0251. The van der Waals surface area contributed by atoms with E-state index in [0.717, 1.165) is 54.8 Å². The molecular formula is C31H51NO2. The molecule has 0 aromatic carbocycles. The predicted molar refractivity (Wildman–Crippen MR) is 142 cm³/mol. The van der Waals surface area contributed by atoms with Crippen LogP contribution in [0.2, 0.25) is 0 Å². The van der Waals surface area contributed by atoms with Gasteiger partial charge in [-0.2, -0.15) is 0 Å². The highest BCUT2D eigenvalue weighted by Crippen LogP contribution is 2.67. The van der Waals surface area contributed by atoms with Crippen LogP contribution in [0.5, 0.6) is 0 Å². The van der Waals surface area contributed by atoms with Gasteiger partial charge in [0.2, 0.25) is 0 Å². The Kier molecular flexibility index (Phi) is 7.89. The van der Waals surface area contributed by atoms with Crippen LogP contribution in [-0.2, 0) is 4.74 Å². The third-order valence-corrected chi connectivity index (χ3v) is 10.9. The maximum absolute atomic E-state index is 12.1. The van der Waals surface area contributed by atoms with Gasteiger partial charge in [-0.3, -0.25) is 0 Å². The number of hydrogen-bond donors (Lipinski definition) is 1. The zero-order valence-electron chi connectivity index (χ0n) is 22.7. The van der Waals surface area contributed by atoms with Crippen molar-refractivity contribution >= 4 is 6.09 Å². The minimum Gasteiger partial charge on any atom is -0.446 e. The summed E-state index contributed by atoms with van der Waals surface area (Å²) >= 11 is 0.